The van der Waals surface area contributed by atoms with E-state index in [0.717, 1.165) is 46.1 Å². The molecule has 29 heavy (non-hydrogen) atoms. The molecule has 0 spiro atoms. The number of aromatic amines is 1. The number of fused-ring (bicyclic) bond motifs is 1. The van der Waals surface area contributed by atoms with Crippen LogP contribution in [0.4, 0.5) is 0 Å². The van der Waals surface area contributed by atoms with Crippen molar-refractivity contribution in [1.29, 1.82) is 0 Å². The largest absolute Gasteiger partial charge is 0.345 e. The molecule has 1 aromatic carbocycles. The number of carbonyl (C=O) groups is 1. The fraction of sp³-hybridized carbons (Fsp3) is 0.238. The average molecular weight is 407 g/mol. The van der Waals surface area contributed by atoms with Gasteiger partial charge in [-0.3, -0.25) is 9.78 Å². The van der Waals surface area contributed by atoms with E-state index in [0.29, 0.717) is 18.8 Å². The number of hydrogen-bond acceptors (Lipinski definition) is 6. The van der Waals surface area contributed by atoms with E-state index in [4.69, 9.17) is 0 Å². The minimum absolute atomic E-state index is 0.175. The molecule has 148 valence electrons. The molecular formula is C21H22N6OS. The van der Waals surface area contributed by atoms with Crippen molar-refractivity contribution in [2.75, 3.05) is 6.54 Å². The zero-order chi connectivity index (χ0) is 20.1. The summed E-state index contributed by atoms with van der Waals surface area (Å²) in [7, 11) is 0. The molecule has 0 saturated heterocycles. The minimum Gasteiger partial charge on any atom is -0.345 e. The number of aryl methyl sites for hydroxylation is 1. The first-order valence-electron chi connectivity index (χ1n) is 9.46. The Kier molecular flexibility index (Phi) is 5.92. The summed E-state index contributed by atoms with van der Waals surface area (Å²) < 4.78 is 0. The molecule has 0 unspecified atom stereocenters. The van der Waals surface area contributed by atoms with Gasteiger partial charge in [0, 0.05) is 24.5 Å². The molecule has 8 heteroatoms. The molecule has 0 aliphatic rings. The Labute approximate surface area is 172 Å². The summed E-state index contributed by atoms with van der Waals surface area (Å²) in [6.07, 6.45) is 2.51. The molecule has 4 rings (SSSR count). The zero-order valence-electron chi connectivity index (χ0n) is 16.1. The number of benzene rings is 1. The molecular weight excluding hydrogens is 384 g/mol. The van der Waals surface area contributed by atoms with Crippen molar-refractivity contribution in [3.63, 3.8) is 0 Å². The molecule has 7 nitrogen and oxygen atoms in total. The van der Waals surface area contributed by atoms with Crippen LogP contribution >= 0.6 is 11.3 Å². The second-order valence-electron chi connectivity index (χ2n) is 6.76. The quantitative estimate of drug-likeness (QED) is 0.391. The number of H-pyrrole nitrogens is 1. The molecule has 0 fully saturated rings. The highest BCUT2D eigenvalue weighted by Crippen LogP contribution is 2.12. The first-order chi connectivity index (χ1) is 14.2. The van der Waals surface area contributed by atoms with Gasteiger partial charge in [-0.1, -0.05) is 12.1 Å². The van der Waals surface area contributed by atoms with Crippen LogP contribution in [0.2, 0.25) is 0 Å². The maximum Gasteiger partial charge on any atom is 0.271 e. The standard InChI is InChI=1S/C21H22N6OS/c1-14-6-9-23-15(10-14)11-24-21(28)18-13-29-20(27-18)7-8-22-12-19-25-16-4-2-3-5-17(16)26-19/h2-6,9-10,13,22H,7-8,11-12H2,1H3,(H,24,28)(H,25,26). The third kappa shape index (κ3) is 5.04. The van der Waals surface area contributed by atoms with Crippen LogP contribution in [0.25, 0.3) is 11.0 Å². The normalized spacial score (nSPS) is 11.1. The fourth-order valence-corrected chi connectivity index (χ4v) is 3.76. The van der Waals surface area contributed by atoms with E-state index in [1.165, 1.54) is 11.3 Å². The molecule has 0 radical (unpaired) electrons. The fourth-order valence-electron chi connectivity index (χ4n) is 2.98. The van der Waals surface area contributed by atoms with Gasteiger partial charge in [-0.25, -0.2) is 9.97 Å². The number of carbonyl (C=O) groups excluding carboxylic acids is 1. The predicted octanol–water partition coefficient (Wildman–Crippen LogP) is 2.99. The van der Waals surface area contributed by atoms with E-state index < -0.39 is 0 Å². The molecule has 3 N–H and O–H groups in total. The topological polar surface area (TPSA) is 95.6 Å². The summed E-state index contributed by atoms with van der Waals surface area (Å²) in [5.74, 6) is 0.737. The number of imidazole rings is 1. The van der Waals surface area contributed by atoms with E-state index in [9.17, 15) is 4.79 Å². The summed E-state index contributed by atoms with van der Waals surface area (Å²) >= 11 is 1.50. The Morgan fingerprint density at radius 2 is 2.07 bits per heavy atom. The smallest absolute Gasteiger partial charge is 0.271 e. The highest BCUT2D eigenvalue weighted by atomic mass is 32.1. The average Bonchev–Trinajstić information content (AvgIpc) is 3.36. The molecule has 0 bridgehead atoms. The molecule has 3 heterocycles. The predicted molar refractivity (Wildman–Crippen MR) is 114 cm³/mol. The highest BCUT2D eigenvalue weighted by Gasteiger charge is 2.11. The SMILES string of the molecule is Cc1ccnc(CNC(=O)c2csc(CCNCc3nc4ccccc4[nH]3)n2)c1. The lowest BCUT2D eigenvalue weighted by atomic mass is 10.2. The number of pyridine rings is 1. The van der Waals surface area contributed by atoms with Gasteiger partial charge in [0.2, 0.25) is 0 Å². The van der Waals surface area contributed by atoms with Gasteiger partial charge in [0.1, 0.15) is 11.5 Å². The Balaban J connectivity index is 1.23. The number of hydrogen-bond donors (Lipinski definition) is 3. The lowest BCUT2D eigenvalue weighted by Crippen LogP contribution is -2.23. The maximum atomic E-state index is 12.3. The number of rotatable bonds is 8. The molecule has 0 saturated carbocycles. The van der Waals surface area contributed by atoms with Crippen molar-refractivity contribution in [3.8, 4) is 0 Å². The summed E-state index contributed by atoms with van der Waals surface area (Å²) in [4.78, 5) is 28.8. The monoisotopic (exact) mass is 406 g/mol. The molecule has 3 aromatic heterocycles. The number of thiazole rings is 1. The number of para-hydroxylation sites is 2. The molecule has 1 amide bonds. The van der Waals surface area contributed by atoms with Crippen molar-refractivity contribution in [2.24, 2.45) is 0 Å². The van der Waals surface area contributed by atoms with Gasteiger partial charge in [0.15, 0.2) is 0 Å². The van der Waals surface area contributed by atoms with Crippen molar-refractivity contribution >= 4 is 28.3 Å². The lowest BCUT2D eigenvalue weighted by Gasteiger charge is -2.03. The Morgan fingerprint density at radius 1 is 1.17 bits per heavy atom. The first-order valence-corrected chi connectivity index (χ1v) is 10.3. The second-order valence-corrected chi connectivity index (χ2v) is 7.70. The van der Waals surface area contributed by atoms with E-state index in [1.807, 2.05) is 43.3 Å². The number of aromatic nitrogens is 4. The summed E-state index contributed by atoms with van der Waals surface area (Å²) in [6.45, 7) is 3.82. The minimum atomic E-state index is -0.175. The number of nitrogens with zero attached hydrogens (tertiary/aromatic N) is 3. The van der Waals surface area contributed by atoms with E-state index in [2.05, 4.69) is 30.6 Å². The van der Waals surface area contributed by atoms with Crippen LogP contribution in [0.1, 0.15) is 32.6 Å². The van der Waals surface area contributed by atoms with Gasteiger partial charge < -0.3 is 15.6 Å². The third-order valence-corrected chi connectivity index (χ3v) is 5.34. The molecule has 0 aliphatic carbocycles. The lowest BCUT2D eigenvalue weighted by molar-refractivity contribution is 0.0946. The summed E-state index contributed by atoms with van der Waals surface area (Å²) in [5.41, 5.74) is 4.43. The van der Waals surface area contributed by atoms with Crippen LogP contribution in [-0.4, -0.2) is 32.4 Å². The van der Waals surface area contributed by atoms with Crippen LogP contribution in [-0.2, 0) is 19.5 Å². The van der Waals surface area contributed by atoms with Crippen LogP contribution in [0.5, 0.6) is 0 Å². The van der Waals surface area contributed by atoms with E-state index >= 15 is 0 Å². The summed E-state index contributed by atoms with van der Waals surface area (Å²) in [5, 5.41) is 8.97. The van der Waals surface area contributed by atoms with Crippen LogP contribution in [0, 0.1) is 6.92 Å². The van der Waals surface area contributed by atoms with Crippen LogP contribution in [0.15, 0.2) is 48.0 Å². The van der Waals surface area contributed by atoms with Gasteiger partial charge >= 0.3 is 0 Å². The van der Waals surface area contributed by atoms with Crippen molar-refractivity contribution in [1.82, 2.24) is 30.6 Å². The number of amides is 1. The third-order valence-electron chi connectivity index (χ3n) is 4.43. The zero-order valence-corrected chi connectivity index (χ0v) is 16.9. The summed E-state index contributed by atoms with van der Waals surface area (Å²) in [6, 6.07) is 11.9. The molecule has 4 aromatic rings. The highest BCUT2D eigenvalue weighted by molar-refractivity contribution is 7.09. The van der Waals surface area contributed by atoms with Crippen molar-refractivity contribution in [3.05, 3.63) is 75.8 Å². The van der Waals surface area contributed by atoms with Gasteiger partial charge in [-0.2, -0.15) is 0 Å². The molecule has 0 aliphatic heterocycles. The van der Waals surface area contributed by atoms with Gasteiger partial charge in [-0.15, -0.1) is 11.3 Å². The Bertz CT molecular complexity index is 1090. The van der Waals surface area contributed by atoms with Crippen molar-refractivity contribution in [2.45, 2.75) is 26.4 Å². The second kappa shape index (κ2) is 8.93. The van der Waals surface area contributed by atoms with Gasteiger partial charge in [-0.05, 0) is 36.8 Å². The first kappa shape index (κ1) is 19.2. The van der Waals surface area contributed by atoms with Crippen molar-refractivity contribution < 1.29 is 4.79 Å². The van der Waals surface area contributed by atoms with E-state index in [-0.39, 0.29) is 5.91 Å². The van der Waals surface area contributed by atoms with Crippen LogP contribution in [0.3, 0.4) is 0 Å². The van der Waals surface area contributed by atoms with Gasteiger partial charge in [0.05, 0.1) is 34.8 Å². The molecule has 0 atom stereocenters. The van der Waals surface area contributed by atoms with Crippen LogP contribution < -0.4 is 10.6 Å². The van der Waals surface area contributed by atoms with E-state index in [1.54, 1.807) is 11.6 Å². The van der Waals surface area contributed by atoms with Gasteiger partial charge in [0.25, 0.3) is 5.91 Å². The number of nitrogens with one attached hydrogen (secondary N) is 3. The Morgan fingerprint density at radius 3 is 2.93 bits per heavy atom. The Hall–Kier alpha value is -3.10. The maximum absolute atomic E-state index is 12.3.